The molecule has 80 valence electrons. The van der Waals surface area contributed by atoms with Crippen molar-refractivity contribution in [3.8, 4) is 11.1 Å². The third kappa shape index (κ3) is 2.28. The summed E-state index contributed by atoms with van der Waals surface area (Å²) in [6.45, 7) is 0. The molecule has 0 fully saturated rings. The summed E-state index contributed by atoms with van der Waals surface area (Å²) in [5.41, 5.74) is 7.49. The second kappa shape index (κ2) is 4.45. The molecule has 16 heavy (non-hydrogen) atoms. The van der Waals surface area contributed by atoms with Crippen molar-refractivity contribution in [3.05, 3.63) is 52.8 Å². The van der Waals surface area contributed by atoms with Gasteiger partial charge in [0.05, 0.1) is 5.56 Å². The number of pyridine rings is 1. The SMILES string of the molecule is NC(=O)c1cncc(-c2ccc(Br)cc2)c1. The van der Waals surface area contributed by atoms with Gasteiger partial charge in [0, 0.05) is 22.4 Å². The average molecular weight is 277 g/mol. The second-order valence-electron chi connectivity index (χ2n) is 3.33. The zero-order chi connectivity index (χ0) is 11.5. The minimum atomic E-state index is -0.466. The van der Waals surface area contributed by atoms with Crippen molar-refractivity contribution in [3.63, 3.8) is 0 Å². The molecule has 3 nitrogen and oxygen atoms in total. The van der Waals surface area contributed by atoms with Crippen molar-refractivity contribution in [2.24, 2.45) is 5.73 Å². The molecular weight excluding hydrogens is 268 g/mol. The number of primary amides is 1. The van der Waals surface area contributed by atoms with E-state index in [2.05, 4.69) is 20.9 Å². The minimum Gasteiger partial charge on any atom is -0.366 e. The number of aromatic nitrogens is 1. The van der Waals surface area contributed by atoms with E-state index >= 15 is 0 Å². The fraction of sp³-hybridized carbons (Fsp3) is 0. The molecule has 0 aliphatic heterocycles. The number of benzene rings is 1. The zero-order valence-corrected chi connectivity index (χ0v) is 9.94. The normalized spacial score (nSPS) is 10.1. The summed E-state index contributed by atoms with van der Waals surface area (Å²) in [6, 6.07) is 9.51. The van der Waals surface area contributed by atoms with Crippen LogP contribution in [0.25, 0.3) is 11.1 Å². The van der Waals surface area contributed by atoms with Crippen LogP contribution >= 0.6 is 15.9 Å². The lowest BCUT2D eigenvalue weighted by atomic mass is 10.1. The monoisotopic (exact) mass is 276 g/mol. The van der Waals surface area contributed by atoms with Crippen LogP contribution in [0.5, 0.6) is 0 Å². The predicted octanol–water partition coefficient (Wildman–Crippen LogP) is 2.61. The molecule has 0 spiro atoms. The largest absolute Gasteiger partial charge is 0.366 e. The first-order valence-electron chi connectivity index (χ1n) is 4.67. The van der Waals surface area contributed by atoms with Gasteiger partial charge in [0.2, 0.25) is 5.91 Å². The van der Waals surface area contributed by atoms with E-state index in [1.807, 2.05) is 24.3 Å². The molecule has 2 rings (SSSR count). The van der Waals surface area contributed by atoms with E-state index in [1.54, 1.807) is 12.3 Å². The molecule has 1 amide bonds. The molecule has 1 aromatic carbocycles. The third-order valence-electron chi connectivity index (χ3n) is 2.20. The first-order chi connectivity index (χ1) is 7.66. The van der Waals surface area contributed by atoms with Crippen molar-refractivity contribution in [2.45, 2.75) is 0 Å². The standard InChI is InChI=1S/C12H9BrN2O/c13-11-3-1-8(2-4-11)9-5-10(12(14)16)7-15-6-9/h1-7H,(H2,14,16). The van der Waals surface area contributed by atoms with Gasteiger partial charge in [0.15, 0.2) is 0 Å². The van der Waals surface area contributed by atoms with E-state index in [-0.39, 0.29) is 0 Å². The summed E-state index contributed by atoms with van der Waals surface area (Å²) in [6.07, 6.45) is 3.17. The highest BCUT2D eigenvalue weighted by molar-refractivity contribution is 9.10. The maximum absolute atomic E-state index is 11.0. The maximum Gasteiger partial charge on any atom is 0.250 e. The highest BCUT2D eigenvalue weighted by atomic mass is 79.9. The van der Waals surface area contributed by atoms with E-state index in [4.69, 9.17) is 5.73 Å². The van der Waals surface area contributed by atoms with Gasteiger partial charge < -0.3 is 5.73 Å². The quantitative estimate of drug-likeness (QED) is 0.917. The van der Waals surface area contributed by atoms with Gasteiger partial charge in [-0.05, 0) is 23.8 Å². The van der Waals surface area contributed by atoms with Crippen molar-refractivity contribution in [2.75, 3.05) is 0 Å². The molecule has 2 N–H and O–H groups in total. The Bertz CT molecular complexity index is 523. The molecule has 4 heteroatoms. The summed E-state index contributed by atoms with van der Waals surface area (Å²) >= 11 is 3.37. The molecule has 0 aliphatic rings. The average Bonchev–Trinajstić information content (AvgIpc) is 2.30. The Morgan fingerprint density at radius 2 is 1.81 bits per heavy atom. The topological polar surface area (TPSA) is 56.0 Å². The molecule has 2 aromatic rings. The van der Waals surface area contributed by atoms with Crippen molar-refractivity contribution < 1.29 is 4.79 Å². The van der Waals surface area contributed by atoms with Crippen LogP contribution in [0, 0.1) is 0 Å². The van der Waals surface area contributed by atoms with Gasteiger partial charge in [-0.2, -0.15) is 0 Å². The Morgan fingerprint density at radius 1 is 1.12 bits per heavy atom. The molecule has 1 heterocycles. The van der Waals surface area contributed by atoms with Crippen LogP contribution in [-0.2, 0) is 0 Å². The molecule has 0 saturated heterocycles. The Morgan fingerprint density at radius 3 is 2.44 bits per heavy atom. The molecule has 0 atom stereocenters. The molecule has 0 bridgehead atoms. The lowest BCUT2D eigenvalue weighted by molar-refractivity contribution is 0.1000. The number of hydrogen-bond acceptors (Lipinski definition) is 2. The number of amides is 1. The Hall–Kier alpha value is -1.68. The Labute approximate surface area is 101 Å². The molecule has 0 saturated carbocycles. The highest BCUT2D eigenvalue weighted by Gasteiger charge is 2.03. The fourth-order valence-corrected chi connectivity index (χ4v) is 1.64. The van der Waals surface area contributed by atoms with Crippen LogP contribution in [0.15, 0.2) is 47.2 Å². The minimum absolute atomic E-state index is 0.417. The van der Waals surface area contributed by atoms with Gasteiger partial charge in [-0.25, -0.2) is 0 Å². The van der Waals surface area contributed by atoms with Gasteiger partial charge in [0.1, 0.15) is 0 Å². The molecule has 0 radical (unpaired) electrons. The van der Waals surface area contributed by atoms with Gasteiger partial charge in [-0.3, -0.25) is 9.78 Å². The van der Waals surface area contributed by atoms with E-state index in [9.17, 15) is 4.79 Å². The van der Waals surface area contributed by atoms with Crippen LogP contribution in [0.1, 0.15) is 10.4 Å². The van der Waals surface area contributed by atoms with Crippen LogP contribution < -0.4 is 5.73 Å². The summed E-state index contributed by atoms with van der Waals surface area (Å²) in [5.74, 6) is -0.466. The molecule has 0 aliphatic carbocycles. The lowest BCUT2D eigenvalue weighted by Crippen LogP contribution is -2.11. The highest BCUT2D eigenvalue weighted by Crippen LogP contribution is 2.21. The Kier molecular flexibility index (Phi) is 3.01. The third-order valence-corrected chi connectivity index (χ3v) is 2.73. The number of halogens is 1. The number of hydrogen-bond donors (Lipinski definition) is 1. The van der Waals surface area contributed by atoms with Crippen molar-refractivity contribution >= 4 is 21.8 Å². The number of rotatable bonds is 2. The van der Waals surface area contributed by atoms with Gasteiger partial charge >= 0.3 is 0 Å². The number of nitrogens with two attached hydrogens (primary N) is 1. The summed E-state index contributed by atoms with van der Waals surface area (Å²) in [5, 5.41) is 0. The molecule has 1 aromatic heterocycles. The first-order valence-corrected chi connectivity index (χ1v) is 5.47. The van der Waals surface area contributed by atoms with E-state index < -0.39 is 5.91 Å². The van der Waals surface area contributed by atoms with Crippen LogP contribution in [0.4, 0.5) is 0 Å². The smallest absolute Gasteiger partial charge is 0.250 e. The summed E-state index contributed by atoms with van der Waals surface area (Å²) in [7, 11) is 0. The van der Waals surface area contributed by atoms with Crippen LogP contribution in [0.3, 0.4) is 0 Å². The van der Waals surface area contributed by atoms with Gasteiger partial charge in [0.25, 0.3) is 0 Å². The first kappa shape index (κ1) is 10.8. The van der Waals surface area contributed by atoms with Crippen LogP contribution in [0.2, 0.25) is 0 Å². The number of carbonyl (C=O) groups is 1. The maximum atomic E-state index is 11.0. The molecular formula is C12H9BrN2O. The summed E-state index contributed by atoms with van der Waals surface area (Å²) in [4.78, 5) is 15.0. The van der Waals surface area contributed by atoms with Gasteiger partial charge in [-0.1, -0.05) is 28.1 Å². The Balaban J connectivity index is 2.44. The fourth-order valence-electron chi connectivity index (χ4n) is 1.37. The van der Waals surface area contributed by atoms with E-state index in [0.717, 1.165) is 15.6 Å². The number of carbonyl (C=O) groups excluding carboxylic acids is 1. The summed E-state index contributed by atoms with van der Waals surface area (Å²) < 4.78 is 1.01. The van der Waals surface area contributed by atoms with E-state index in [0.29, 0.717) is 5.56 Å². The van der Waals surface area contributed by atoms with Crippen molar-refractivity contribution in [1.82, 2.24) is 4.98 Å². The van der Waals surface area contributed by atoms with Crippen LogP contribution in [-0.4, -0.2) is 10.9 Å². The van der Waals surface area contributed by atoms with Crippen molar-refractivity contribution in [1.29, 1.82) is 0 Å². The zero-order valence-electron chi connectivity index (χ0n) is 8.35. The van der Waals surface area contributed by atoms with Gasteiger partial charge in [-0.15, -0.1) is 0 Å². The lowest BCUT2D eigenvalue weighted by Gasteiger charge is -2.02. The molecule has 0 unspecified atom stereocenters. The number of nitrogens with zero attached hydrogens (tertiary/aromatic N) is 1. The van der Waals surface area contributed by atoms with E-state index in [1.165, 1.54) is 6.20 Å². The second-order valence-corrected chi connectivity index (χ2v) is 4.25. The predicted molar refractivity (Wildman–Crippen MR) is 65.9 cm³/mol.